The van der Waals surface area contributed by atoms with Gasteiger partial charge < -0.3 is 10.4 Å². The highest BCUT2D eigenvalue weighted by atomic mass is 16.3. The average Bonchev–Trinajstić information content (AvgIpc) is 1.56. The Hall–Kier alpha value is -0.0800. The summed E-state index contributed by atoms with van der Waals surface area (Å²) >= 11 is 0. The summed E-state index contributed by atoms with van der Waals surface area (Å²) in [4.78, 5) is 0. The molecule has 0 rings (SSSR count). The van der Waals surface area contributed by atoms with E-state index < -0.39 is 0 Å². The molecular formula is C9H21NO. The minimum atomic E-state index is -0.332. The lowest BCUT2D eigenvalue weighted by Gasteiger charge is -2.37. The van der Waals surface area contributed by atoms with Crippen LogP contribution in [0.15, 0.2) is 0 Å². The third-order valence-corrected chi connectivity index (χ3v) is 1.74. The second-order valence-corrected chi connectivity index (χ2v) is 4.77. The van der Waals surface area contributed by atoms with Crippen LogP contribution >= 0.6 is 0 Å². The molecule has 0 fully saturated rings. The zero-order valence-corrected chi connectivity index (χ0v) is 8.52. The Morgan fingerprint density at radius 3 is 1.55 bits per heavy atom. The van der Waals surface area contributed by atoms with E-state index in [1.807, 2.05) is 13.8 Å². The molecule has 11 heavy (non-hydrogen) atoms. The van der Waals surface area contributed by atoms with Crippen molar-refractivity contribution >= 4 is 0 Å². The summed E-state index contributed by atoms with van der Waals surface area (Å²) < 4.78 is 0. The Morgan fingerprint density at radius 1 is 1.09 bits per heavy atom. The monoisotopic (exact) mass is 159 g/mol. The van der Waals surface area contributed by atoms with Gasteiger partial charge in [0.2, 0.25) is 0 Å². The Morgan fingerprint density at radius 2 is 1.45 bits per heavy atom. The second kappa shape index (κ2) is 3.11. The highest BCUT2D eigenvalue weighted by Crippen LogP contribution is 2.13. The molecule has 0 aliphatic rings. The first-order valence-corrected chi connectivity index (χ1v) is 4.12. The van der Waals surface area contributed by atoms with Crippen molar-refractivity contribution in [3.8, 4) is 0 Å². The first-order valence-electron chi connectivity index (χ1n) is 4.12. The number of rotatable bonds is 2. The first kappa shape index (κ1) is 10.9. The molecule has 0 amide bonds. The van der Waals surface area contributed by atoms with Gasteiger partial charge in [0.15, 0.2) is 0 Å². The number of aliphatic hydroxyl groups is 1. The quantitative estimate of drug-likeness (QED) is 0.640. The number of hydrogen-bond donors (Lipinski definition) is 2. The lowest BCUT2D eigenvalue weighted by Crippen LogP contribution is -2.55. The molecule has 2 heteroatoms. The predicted octanol–water partition coefficient (Wildman–Crippen LogP) is 1.53. The second-order valence-electron chi connectivity index (χ2n) is 4.77. The molecule has 0 saturated carbocycles. The number of hydrogen-bond acceptors (Lipinski definition) is 2. The van der Waals surface area contributed by atoms with Gasteiger partial charge in [0.1, 0.15) is 0 Å². The molecule has 0 heterocycles. The molecule has 0 bridgehead atoms. The van der Waals surface area contributed by atoms with Crippen molar-refractivity contribution in [2.75, 3.05) is 0 Å². The lowest BCUT2D eigenvalue weighted by molar-refractivity contribution is 0.0783. The van der Waals surface area contributed by atoms with Crippen LogP contribution in [0, 0.1) is 0 Å². The molecular weight excluding hydrogens is 138 g/mol. The van der Waals surface area contributed by atoms with E-state index in [0.29, 0.717) is 0 Å². The summed E-state index contributed by atoms with van der Waals surface area (Å²) in [7, 11) is 0. The van der Waals surface area contributed by atoms with Gasteiger partial charge in [-0.05, 0) is 41.5 Å². The maximum Gasteiger partial charge on any atom is 0.0688 e. The molecule has 0 radical (unpaired) electrons. The van der Waals surface area contributed by atoms with Gasteiger partial charge in [-0.3, -0.25) is 0 Å². The zero-order chi connectivity index (χ0) is 9.28. The molecule has 1 atom stereocenters. The normalized spacial score (nSPS) is 16.6. The van der Waals surface area contributed by atoms with Crippen LogP contribution in [0.25, 0.3) is 0 Å². The van der Waals surface area contributed by atoms with E-state index in [1.54, 1.807) is 6.92 Å². The molecule has 0 aromatic carbocycles. The standard InChI is InChI=1S/C9H21NO/c1-7(11)9(5,6)10-8(2,3)4/h7,10-11H,1-6H3. The zero-order valence-electron chi connectivity index (χ0n) is 8.52. The van der Waals surface area contributed by atoms with Crippen LogP contribution in [0.2, 0.25) is 0 Å². The van der Waals surface area contributed by atoms with Crippen molar-refractivity contribution in [2.24, 2.45) is 0 Å². The maximum atomic E-state index is 9.38. The Bertz CT molecular complexity index is 122. The van der Waals surface area contributed by atoms with Crippen LogP contribution in [0.4, 0.5) is 0 Å². The van der Waals surface area contributed by atoms with Crippen molar-refractivity contribution in [1.29, 1.82) is 0 Å². The van der Waals surface area contributed by atoms with E-state index in [1.165, 1.54) is 0 Å². The van der Waals surface area contributed by atoms with Crippen LogP contribution in [-0.4, -0.2) is 22.3 Å². The molecule has 68 valence electrons. The van der Waals surface area contributed by atoms with Gasteiger partial charge in [-0.2, -0.15) is 0 Å². The van der Waals surface area contributed by atoms with Crippen LogP contribution in [-0.2, 0) is 0 Å². The largest absolute Gasteiger partial charge is 0.392 e. The van der Waals surface area contributed by atoms with E-state index in [0.717, 1.165) is 0 Å². The fourth-order valence-corrected chi connectivity index (χ4v) is 1.07. The van der Waals surface area contributed by atoms with Crippen molar-refractivity contribution in [3.05, 3.63) is 0 Å². The molecule has 0 saturated heterocycles. The Balaban J connectivity index is 4.13. The SMILES string of the molecule is CC(O)C(C)(C)NC(C)(C)C. The van der Waals surface area contributed by atoms with Gasteiger partial charge in [0.25, 0.3) is 0 Å². The molecule has 1 unspecified atom stereocenters. The Kier molecular flexibility index (Phi) is 3.09. The highest BCUT2D eigenvalue weighted by molar-refractivity contribution is 4.89. The van der Waals surface area contributed by atoms with Gasteiger partial charge >= 0.3 is 0 Å². The molecule has 2 N–H and O–H groups in total. The van der Waals surface area contributed by atoms with E-state index in [4.69, 9.17) is 0 Å². The van der Waals surface area contributed by atoms with Gasteiger partial charge in [-0.15, -0.1) is 0 Å². The summed E-state index contributed by atoms with van der Waals surface area (Å²) in [5, 5.41) is 12.7. The van der Waals surface area contributed by atoms with E-state index in [-0.39, 0.29) is 17.2 Å². The summed E-state index contributed by atoms with van der Waals surface area (Å²) in [6, 6.07) is 0. The lowest BCUT2D eigenvalue weighted by atomic mass is 9.94. The number of aliphatic hydroxyl groups excluding tert-OH is 1. The van der Waals surface area contributed by atoms with Gasteiger partial charge in [-0.1, -0.05) is 0 Å². The van der Waals surface area contributed by atoms with Crippen molar-refractivity contribution in [1.82, 2.24) is 5.32 Å². The summed E-state index contributed by atoms with van der Waals surface area (Å²) in [5.41, 5.74) is -0.154. The molecule has 0 aliphatic carbocycles. The van der Waals surface area contributed by atoms with Crippen LogP contribution in [0.5, 0.6) is 0 Å². The minimum absolute atomic E-state index is 0.0560. The third kappa shape index (κ3) is 4.38. The van der Waals surface area contributed by atoms with E-state index >= 15 is 0 Å². The van der Waals surface area contributed by atoms with E-state index in [2.05, 4.69) is 26.1 Å². The molecule has 0 spiro atoms. The third-order valence-electron chi connectivity index (χ3n) is 1.74. The topological polar surface area (TPSA) is 32.3 Å². The first-order chi connectivity index (χ1) is 4.65. The highest BCUT2D eigenvalue weighted by Gasteiger charge is 2.28. The fraction of sp³-hybridized carbons (Fsp3) is 1.00. The smallest absolute Gasteiger partial charge is 0.0688 e. The van der Waals surface area contributed by atoms with E-state index in [9.17, 15) is 5.11 Å². The van der Waals surface area contributed by atoms with Crippen LogP contribution in [0.3, 0.4) is 0 Å². The van der Waals surface area contributed by atoms with Gasteiger partial charge in [0, 0.05) is 11.1 Å². The van der Waals surface area contributed by atoms with Crippen LogP contribution in [0.1, 0.15) is 41.5 Å². The molecule has 0 aromatic heterocycles. The van der Waals surface area contributed by atoms with Crippen molar-refractivity contribution in [3.63, 3.8) is 0 Å². The maximum absolute atomic E-state index is 9.38. The van der Waals surface area contributed by atoms with Crippen molar-refractivity contribution in [2.45, 2.75) is 58.7 Å². The molecule has 0 aliphatic heterocycles. The molecule has 2 nitrogen and oxygen atoms in total. The Labute approximate surface area is 70.0 Å². The predicted molar refractivity (Wildman–Crippen MR) is 48.6 cm³/mol. The van der Waals surface area contributed by atoms with Gasteiger partial charge in [-0.25, -0.2) is 0 Å². The summed E-state index contributed by atoms with van der Waals surface area (Å²) in [6.45, 7) is 12.1. The minimum Gasteiger partial charge on any atom is -0.392 e. The summed E-state index contributed by atoms with van der Waals surface area (Å²) in [6.07, 6.45) is -0.332. The van der Waals surface area contributed by atoms with Crippen molar-refractivity contribution < 1.29 is 5.11 Å². The number of nitrogens with one attached hydrogen (secondary N) is 1. The fourth-order valence-electron chi connectivity index (χ4n) is 1.07. The molecule has 0 aromatic rings. The summed E-state index contributed by atoms with van der Waals surface area (Å²) in [5.74, 6) is 0. The average molecular weight is 159 g/mol. The van der Waals surface area contributed by atoms with Gasteiger partial charge in [0.05, 0.1) is 6.10 Å². The van der Waals surface area contributed by atoms with Crippen LogP contribution < -0.4 is 5.32 Å².